The number of fused-ring (bicyclic) bond motifs is 3. The Morgan fingerprint density at radius 1 is 1.04 bits per heavy atom. The Hall–Kier alpha value is -1.39. The van der Waals surface area contributed by atoms with Crippen LogP contribution >= 0.6 is 0 Å². The molecular formula is C21H30N2O2. The molecule has 0 spiro atoms. The van der Waals surface area contributed by atoms with E-state index < -0.39 is 5.54 Å². The van der Waals surface area contributed by atoms with Gasteiger partial charge in [0.2, 0.25) is 0 Å². The van der Waals surface area contributed by atoms with Gasteiger partial charge < -0.3 is 4.74 Å². The van der Waals surface area contributed by atoms with Crippen molar-refractivity contribution in [3.63, 3.8) is 0 Å². The van der Waals surface area contributed by atoms with Gasteiger partial charge in [0.05, 0.1) is 0 Å². The number of carbonyl (C=O) groups is 1. The number of nitrogens with zero attached hydrogens (tertiary/aromatic N) is 2. The number of hydrogen-bond donors (Lipinski definition) is 0. The average molecular weight is 342 g/mol. The summed E-state index contributed by atoms with van der Waals surface area (Å²) in [5.41, 5.74) is 0.386. The summed E-state index contributed by atoms with van der Waals surface area (Å²) in [6.07, 6.45) is 6.00. The fourth-order valence-corrected chi connectivity index (χ4v) is 4.83. The Bertz CT molecular complexity index is 591. The number of benzene rings is 1. The third-order valence-corrected chi connectivity index (χ3v) is 6.58. The van der Waals surface area contributed by atoms with E-state index >= 15 is 0 Å². The minimum atomic E-state index is -0.673. The number of ether oxygens (including phenoxy) is 1. The molecule has 4 nitrogen and oxygen atoms in total. The van der Waals surface area contributed by atoms with Crippen molar-refractivity contribution in [2.24, 2.45) is 5.92 Å². The van der Waals surface area contributed by atoms with Gasteiger partial charge in [-0.25, -0.2) is 4.79 Å². The standard InChI is InChI=1S/C21H30N2O2/c1-21(18-8-4-2-5-9-18,23-12-6-3-7-13-23)20(24)25-19-16-22-14-10-17(19)11-15-22/h2,4-5,8-9,17,19H,3,6-7,10-16H2,1H3/t19?,21-/m0/s1. The van der Waals surface area contributed by atoms with Crippen molar-refractivity contribution in [1.29, 1.82) is 0 Å². The molecule has 5 rings (SSSR count). The molecule has 1 unspecified atom stereocenters. The lowest BCUT2D eigenvalue weighted by Crippen LogP contribution is -2.57. The molecule has 4 heteroatoms. The first-order valence-electron chi connectivity index (χ1n) is 9.92. The Morgan fingerprint density at radius 2 is 1.72 bits per heavy atom. The molecule has 4 aliphatic rings. The Kier molecular flexibility index (Phi) is 4.83. The normalized spacial score (nSPS) is 32.1. The van der Waals surface area contributed by atoms with Gasteiger partial charge in [0.1, 0.15) is 11.6 Å². The van der Waals surface area contributed by atoms with Crippen LogP contribution in [-0.4, -0.2) is 54.6 Å². The highest BCUT2D eigenvalue weighted by Crippen LogP contribution is 2.35. The fourth-order valence-electron chi connectivity index (χ4n) is 4.83. The molecule has 2 atom stereocenters. The lowest BCUT2D eigenvalue weighted by atomic mass is 9.85. The molecule has 0 aliphatic carbocycles. The number of piperidine rings is 4. The number of hydrogen-bond acceptors (Lipinski definition) is 4. The molecule has 4 aliphatic heterocycles. The second kappa shape index (κ2) is 7.08. The molecule has 0 aromatic heterocycles. The molecule has 0 amide bonds. The van der Waals surface area contributed by atoms with Crippen LogP contribution in [0, 0.1) is 5.92 Å². The highest BCUT2D eigenvalue weighted by molar-refractivity contribution is 5.82. The molecule has 1 aromatic rings. The van der Waals surface area contributed by atoms with Crippen molar-refractivity contribution in [3.8, 4) is 0 Å². The van der Waals surface area contributed by atoms with Gasteiger partial charge in [0.25, 0.3) is 0 Å². The maximum Gasteiger partial charge on any atom is 0.331 e. The number of rotatable bonds is 4. The minimum absolute atomic E-state index is 0.0562. The number of likely N-dealkylation sites (tertiary alicyclic amines) is 1. The molecule has 136 valence electrons. The lowest BCUT2D eigenvalue weighted by Gasteiger charge is -2.46. The van der Waals surface area contributed by atoms with Crippen molar-refractivity contribution in [3.05, 3.63) is 35.9 Å². The smallest absolute Gasteiger partial charge is 0.331 e. The summed E-state index contributed by atoms with van der Waals surface area (Å²) in [4.78, 5) is 18.2. The van der Waals surface area contributed by atoms with E-state index in [1.54, 1.807) is 0 Å². The summed E-state index contributed by atoms with van der Waals surface area (Å²) in [6, 6.07) is 10.2. The summed E-state index contributed by atoms with van der Waals surface area (Å²) in [7, 11) is 0. The molecule has 4 fully saturated rings. The Balaban J connectivity index is 1.58. The maximum atomic E-state index is 13.4. The largest absolute Gasteiger partial charge is 0.459 e. The van der Waals surface area contributed by atoms with E-state index in [4.69, 9.17) is 4.74 Å². The highest BCUT2D eigenvalue weighted by atomic mass is 16.5. The van der Waals surface area contributed by atoms with Crippen LogP contribution in [0.3, 0.4) is 0 Å². The third kappa shape index (κ3) is 3.22. The van der Waals surface area contributed by atoms with Gasteiger partial charge in [0, 0.05) is 6.54 Å². The lowest BCUT2D eigenvalue weighted by molar-refractivity contribution is -0.174. The predicted octanol–water partition coefficient (Wildman–Crippen LogP) is 3.03. The summed E-state index contributed by atoms with van der Waals surface area (Å²) in [5.74, 6) is 0.495. The van der Waals surface area contributed by atoms with Gasteiger partial charge in [-0.05, 0) is 70.3 Å². The summed E-state index contributed by atoms with van der Waals surface area (Å²) < 4.78 is 6.18. The first kappa shape index (κ1) is 17.0. The van der Waals surface area contributed by atoms with Crippen molar-refractivity contribution in [1.82, 2.24) is 9.80 Å². The fraction of sp³-hybridized carbons (Fsp3) is 0.667. The zero-order chi connectivity index (χ0) is 17.3. The zero-order valence-corrected chi connectivity index (χ0v) is 15.3. The quantitative estimate of drug-likeness (QED) is 0.788. The van der Waals surface area contributed by atoms with Crippen LogP contribution in [-0.2, 0) is 15.1 Å². The average Bonchev–Trinajstić information content (AvgIpc) is 2.69. The third-order valence-electron chi connectivity index (χ3n) is 6.58. The summed E-state index contributed by atoms with van der Waals surface area (Å²) in [5, 5.41) is 0. The zero-order valence-electron chi connectivity index (χ0n) is 15.3. The van der Waals surface area contributed by atoms with E-state index in [2.05, 4.69) is 28.9 Å². The maximum absolute atomic E-state index is 13.4. The second-order valence-corrected chi connectivity index (χ2v) is 8.07. The van der Waals surface area contributed by atoms with Crippen molar-refractivity contribution < 1.29 is 9.53 Å². The van der Waals surface area contributed by atoms with E-state index in [9.17, 15) is 4.79 Å². The summed E-state index contributed by atoms with van der Waals surface area (Å²) in [6.45, 7) is 7.27. The van der Waals surface area contributed by atoms with E-state index in [1.165, 1.54) is 32.4 Å². The van der Waals surface area contributed by atoms with Gasteiger partial charge >= 0.3 is 5.97 Å². The molecule has 1 aromatic carbocycles. The van der Waals surface area contributed by atoms with Crippen LogP contribution in [0.5, 0.6) is 0 Å². The minimum Gasteiger partial charge on any atom is -0.459 e. The van der Waals surface area contributed by atoms with Crippen molar-refractivity contribution in [2.75, 3.05) is 32.7 Å². The van der Waals surface area contributed by atoms with Crippen LogP contribution in [0.1, 0.15) is 44.6 Å². The number of carbonyl (C=O) groups excluding carboxylic acids is 1. The summed E-state index contributed by atoms with van der Waals surface area (Å²) >= 11 is 0. The number of esters is 1. The Labute approximate surface area is 151 Å². The molecule has 25 heavy (non-hydrogen) atoms. The van der Waals surface area contributed by atoms with Crippen LogP contribution in [0.2, 0.25) is 0 Å². The van der Waals surface area contributed by atoms with Gasteiger partial charge in [0.15, 0.2) is 0 Å². The van der Waals surface area contributed by atoms with Gasteiger partial charge in [-0.2, -0.15) is 0 Å². The molecule has 4 saturated heterocycles. The van der Waals surface area contributed by atoms with Crippen LogP contribution < -0.4 is 0 Å². The molecule has 2 bridgehead atoms. The van der Waals surface area contributed by atoms with Gasteiger partial charge in [-0.3, -0.25) is 9.80 Å². The molecular weight excluding hydrogens is 312 g/mol. The SMILES string of the molecule is C[C@@](C(=O)OC1CN2CCC1CC2)(c1ccccc1)N1CCCCC1. The van der Waals surface area contributed by atoms with Gasteiger partial charge in [-0.15, -0.1) is 0 Å². The molecule has 4 heterocycles. The molecule has 0 radical (unpaired) electrons. The topological polar surface area (TPSA) is 32.8 Å². The predicted molar refractivity (Wildman–Crippen MR) is 98.3 cm³/mol. The molecule has 0 N–H and O–H groups in total. The van der Waals surface area contributed by atoms with E-state index in [0.29, 0.717) is 5.92 Å². The van der Waals surface area contributed by atoms with Gasteiger partial charge in [-0.1, -0.05) is 36.8 Å². The van der Waals surface area contributed by atoms with E-state index in [0.717, 1.165) is 38.0 Å². The first-order chi connectivity index (χ1) is 12.2. The van der Waals surface area contributed by atoms with E-state index in [1.807, 2.05) is 18.2 Å². The van der Waals surface area contributed by atoms with Crippen molar-refractivity contribution in [2.45, 2.75) is 50.7 Å². The van der Waals surface area contributed by atoms with E-state index in [-0.39, 0.29) is 12.1 Å². The van der Waals surface area contributed by atoms with Crippen molar-refractivity contribution >= 4 is 5.97 Å². The molecule has 0 saturated carbocycles. The highest BCUT2D eigenvalue weighted by Gasteiger charge is 2.46. The second-order valence-electron chi connectivity index (χ2n) is 8.07. The monoisotopic (exact) mass is 342 g/mol. The van der Waals surface area contributed by atoms with Crippen LogP contribution in [0.25, 0.3) is 0 Å². The first-order valence-corrected chi connectivity index (χ1v) is 9.92. The van der Waals surface area contributed by atoms with Crippen LogP contribution in [0.4, 0.5) is 0 Å². The van der Waals surface area contributed by atoms with Crippen LogP contribution in [0.15, 0.2) is 30.3 Å². The Morgan fingerprint density at radius 3 is 2.32 bits per heavy atom.